The first-order valence-electron chi connectivity index (χ1n) is 6.83. The van der Waals surface area contributed by atoms with E-state index in [9.17, 15) is 14.7 Å². The van der Waals surface area contributed by atoms with Crippen LogP contribution in [0.1, 0.15) is 18.4 Å². The molecule has 116 valence electrons. The molecule has 0 heterocycles. The number of rotatable bonds is 8. The Balaban J connectivity index is 2.61. The molecule has 0 saturated heterocycles. The first kappa shape index (κ1) is 17.4. The van der Waals surface area contributed by atoms with Crippen molar-refractivity contribution in [1.82, 2.24) is 0 Å². The lowest BCUT2D eigenvalue weighted by atomic mass is 10.1. The largest absolute Gasteiger partial charge is 0.544 e. The molecule has 1 aromatic carbocycles. The van der Waals surface area contributed by atoms with E-state index in [1.165, 1.54) is 0 Å². The van der Waals surface area contributed by atoms with Gasteiger partial charge in [-0.2, -0.15) is 0 Å². The molecule has 0 unspecified atom stereocenters. The van der Waals surface area contributed by atoms with Gasteiger partial charge in [0.05, 0.1) is 25.5 Å². The van der Waals surface area contributed by atoms with Crippen LogP contribution in [0.15, 0.2) is 18.2 Å². The van der Waals surface area contributed by atoms with Gasteiger partial charge in [-0.1, -0.05) is 17.7 Å². The van der Waals surface area contributed by atoms with Crippen LogP contribution in [0.5, 0.6) is 0 Å². The lowest BCUT2D eigenvalue weighted by Gasteiger charge is -2.16. The van der Waals surface area contributed by atoms with Crippen molar-refractivity contribution in [3.05, 3.63) is 28.8 Å². The van der Waals surface area contributed by atoms with E-state index >= 15 is 0 Å². The fourth-order valence-electron chi connectivity index (χ4n) is 1.86. The van der Waals surface area contributed by atoms with E-state index in [4.69, 9.17) is 11.6 Å². The van der Waals surface area contributed by atoms with Crippen molar-refractivity contribution in [2.45, 2.75) is 25.8 Å². The average molecular weight is 315 g/mol. The molecule has 6 nitrogen and oxygen atoms in total. The Morgan fingerprint density at radius 2 is 2.19 bits per heavy atom. The molecule has 1 amide bonds. The zero-order valence-corrected chi connectivity index (χ0v) is 12.8. The Labute approximate surface area is 128 Å². The number of halogens is 1. The van der Waals surface area contributed by atoms with Crippen molar-refractivity contribution >= 4 is 29.2 Å². The molecular weight excluding hydrogens is 294 g/mol. The van der Waals surface area contributed by atoms with E-state index in [1.54, 1.807) is 23.5 Å². The number of aliphatic carboxylic acids is 1. The van der Waals surface area contributed by atoms with E-state index in [0.29, 0.717) is 17.3 Å². The van der Waals surface area contributed by atoms with Gasteiger partial charge in [0.15, 0.2) is 0 Å². The average Bonchev–Trinajstić information content (AvgIpc) is 2.42. The number of nitrogens with one attached hydrogen (secondary N) is 1. The standard InChI is InChI=1S/C14H20ClN3O3/c1-9-3-4-10(15)7-11(9)18-13(19)8-12(14(20)21)17-6-2-5-16/h3-4,7,12,17H,2,5-6,8,16H2,1H3,(H,18,19)(H,20,21)/p+1/t12-/m0/s1. The first-order valence-corrected chi connectivity index (χ1v) is 7.21. The van der Waals surface area contributed by atoms with Gasteiger partial charge in [0.25, 0.3) is 0 Å². The summed E-state index contributed by atoms with van der Waals surface area (Å²) in [6.07, 6.45) is 0.643. The zero-order valence-electron chi connectivity index (χ0n) is 12.0. The Morgan fingerprint density at radius 3 is 2.81 bits per heavy atom. The number of amides is 1. The van der Waals surface area contributed by atoms with Crippen molar-refractivity contribution < 1.29 is 25.7 Å². The van der Waals surface area contributed by atoms with Crippen LogP contribution >= 0.6 is 11.6 Å². The highest BCUT2D eigenvalue weighted by atomic mass is 35.5. The number of hydrogen-bond donors (Lipinski definition) is 3. The highest BCUT2D eigenvalue weighted by Gasteiger charge is 2.18. The summed E-state index contributed by atoms with van der Waals surface area (Å²) in [5, 5.41) is 15.8. The predicted octanol–water partition coefficient (Wildman–Crippen LogP) is -1.71. The molecule has 21 heavy (non-hydrogen) atoms. The minimum absolute atomic E-state index is 0.147. The van der Waals surface area contributed by atoms with E-state index in [2.05, 4.69) is 11.1 Å². The summed E-state index contributed by atoms with van der Waals surface area (Å²) in [5.41, 5.74) is 5.13. The summed E-state index contributed by atoms with van der Waals surface area (Å²) in [6.45, 7) is 3.17. The van der Waals surface area contributed by atoms with Gasteiger partial charge in [0.1, 0.15) is 6.04 Å². The molecule has 0 fully saturated rings. The Kier molecular flexibility index (Phi) is 7.14. The number of anilines is 1. The van der Waals surface area contributed by atoms with Crippen LogP contribution in [-0.2, 0) is 9.59 Å². The molecule has 6 N–H and O–H groups in total. The smallest absolute Gasteiger partial charge is 0.230 e. The van der Waals surface area contributed by atoms with E-state index in [-0.39, 0.29) is 12.3 Å². The van der Waals surface area contributed by atoms with Crippen molar-refractivity contribution in [2.24, 2.45) is 0 Å². The quantitative estimate of drug-likeness (QED) is 0.496. The van der Waals surface area contributed by atoms with Gasteiger partial charge >= 0.3 is 0 Å². The van der Waals surface area contributed by atoms with Crippen molar-refractivity contribution in [1.29, 1.82) is 0 Å². The van der Waals surface area contributed by atoms with Crippen LogP contribution in [-0.4, -0.2) is 31.0 Å². The Bertz CT molecular complexity index is 508. The normalized spacial score (nSPS) is 12.0. The van der Waals surface area contributed by atoms with E-state index in [0.717, 1.165) is 18.5 Å². The van der Waals surface area contributed by atoms with Crippen LogP contribution in [0.4, 0.5) is 5.69 Å². The first-order chi connectivity index (χ1) is 9.93. The molecule has 1 rings (SSSR count). The number of benzene rings is 1. The molecule has 0 aromatic heterocycles. The highest BCUT2D eigenvalue weighted by molar-refractivity contribution is 6.31. The number of quaternary nitrogens is 2. The van der Waals surface area contributed by atoms with Crippen LogP contribution < -0.4 is 21.5 Å². The minimum atomic E-state index is -1.24. The summed E-state index contributed by atoms with van der Waals surface area (Å²) < 4.78 is 0. The van der Waals surface area contributed by atoms with Crippen LogP contribution in [0, 0.1) is 6.92 Å². The van der Waals surface area contributed by atoms with Gasteiger partial charge < -0.3 is 26.3 Å². The van der Waals surface area contributed by atoms with Crippen LogP contribution in [0.3, 0.4) is 0 Å². The van der Waals surface area contributed by atoms with Gasteiger partial charge in [0.2, 0.25) is 5.91 Å². The lowest BCUT2D eigenvalue weighted by molar-refractivity contribution is -0.684. The highest BCUT2D eigenvalue weighted by Crippen LogP contribution is 2.20. The lowest BCUT2D eigenvalue weighted by Crippen LogP contribution is -2.93. The number of carbonyl (C=O) groups excluding carboxylic acids is 2. The number of carboxylic acids is 1. The van der Waals surface area contributed by atoms with Gasteiger partial charge in [0, 0.05) is 17.1 Å². The fourth-order valence-corrected chi connectivity index (χ4v) is 2.03. The molecule has 0 aliphatic heterocycles. The number of aryl methyl sites for hydroxylation is 1. The number of carboxylic acid groups (broad SMARTS) is 1. The van der Waals surface area contributed by atoms with Crippen LogP contribution in [0.2, 0.25) is 5.02 Å². The Morgan fingerprint density at radius 1 is 1.48 bits per heavy atom. The monoisotopic (exact) mass is 314 g/mol. The summed E-state index contributed by atoms with van der Waals surface area (Å²) in [7, 11) is 0. The van der Waals surface area contributed by atoms with E-state index < -0.39 is 12.0 Å². The molecule has 1 aromatic rings. The summed E-state index contributed by atoms with van der Waals surface area (Å²) in [4.78, 5) is 23.0. The zero-order chi connectivity index (χ0) is 15.8. The van der Waals surface area contributed by atoms with Gasteiger partial charge in [-0.15, -0.1) is 0 Å². The molecule has 0 radical (unpaired) electrons. The maximum Gasteiger partial charge on any atom is 0.230 e. The molecular formula is C14H21ClN3O3+. The molecule has 1 atom stereocenters. The fraction of sp³-hybridized carbons (Fsp3) is 0.429. The van der Waals surface area contributed by atoms with Crippen molar-refractivity contribution in [2.75, 3.05) is 18.4 Å². The van der Waals surface area contributed by atoms with Gasteiger partial charge in [-0.05, 0) is 24.6 Å². The SMILES string of the molecule is Cc1ccc(Cl)cc1NC(=O)C[C@H]([NH2+]CCC[NH3+])C(=O)[O-]. The molecule has 0 aliphatic rings. The number of nitrogens with two attached hydrogens (primary N) is 1. The molecule has 7 heteroatoms. The summed E-state index contributed by atoms with van der Waals surface area (Å²) in [5.74, 6) is -1.61. The molecule has 0 aliphatic carbocycles. The second kappa shape index (κ2) is 8.61. The maximum absolute atomic E-state index is 11.9. The number of hydrogen-bond acceptors (Lipinski definition) is 3. The second-order valence-electron chi connectivity index (χ2n) is 4.87. The Hall–Kier alpha value is -1.63. The van der Waals surface area contributed by atoms with E-state index in [1.807, 2.05) is 6.92 Å². The van der Waals surface area contributed by atoms with Crippen molar-refractivity contribution in [3.63, 3.8) is 0 Å². The second-order valence-corrected chi connectivity index (χ2v) is 5.30. The third-order valence-electron chi connectivity index (χ3n) is 3.09. The third kappa shape index (κ3) is 6.12. The molecule has 0 bridgehead atoms. The summed E-state index contributed by atoms with van der Waals surface area (Å²) in [6, 6.07) is 4.25. The third-order valence-corrected chi connectivity index (χ3v) is 3.32. The minimum Gasteiger partial charge on any atom is -0.544 e. The summed E-state index contributed by atoms with van der Waals surface area (Å²) >= 11 is 5.87. The van der Waals surface area contributed by atoms with Crippen LogP contribution in [0.25, 0.3) is 0 Å². The van der Waals surface area contributed by atoms with Crippen molar-refractivity contribution in [3.8, 4) is 0 Å². The maximum atomic E-state index is 11.9. The molecule has 0 spiro atoms. The van der Waals surface area contributed by atoms with Gasteiger partial charge in [-0.25, -0.2) is 0 Å². The molecule has 0 saturated carbocycles. The predicted molar refractivity (Wildman–Crippen MR) is 77.4 cm³/mol. The van der Waals surface area contributed by atoms with Gasteiger partial charge in [-0.3, -0.25) is 4.79 Å². The topological polar surface area (TPSA) is 113 Å². The number of carbonyl (C=O) groups is 2.